The molecule has 0 saturated carbocycles. The predicted octanol–water partition coefficient (Wildman–Crippen LogP) is 2.41. The van der Waals surface area contributed by atoms with Gasteiger partial charge in [0, 0.05) is 38.1 Å². The van der Waals surface area contributed by atoms with Crippen LogP contribution >= 0.6 is 24.8 Å². The van der Waals surface area contributed by atoms with Crippen molar-refractivity contribution in [3.05, 3.63) is 0 Å². The molecule has 22 heavy (non-hydrogen) atoms. The van der Waals surface area contributed by atoms with Crippen LogP contribution in [0.15, 0.2) is 0 Å². The van der Waals surface area contributed by atoms with Crippen LogP contribution in [0.3, 0.4) is 0 Å². The van der Waals surface area contributed by atoms with Gasteiger partial charge in [0.2, 0.25) is 5.91 Å². The number of halogens is 2. The molecular weight excluding hydrogens is 321 g/mol. The van der Waals surface area contributed by atoms with Crippen molar-refractivity contribution in [1.29, 1.82) is 0 Å². The highest BCUT2D eigenvalue weighted by Crippen LogP contribution is 2.25. The Balaban J connectivity index is 0.00000220. The second kappa shape index (κ2) is 9.96. The lowest BCUT2D eigenvalue weighted by atomic mass is 9.88. The fourth-order valence-corrected chi connectivity index (χ4v) is 3.89. The maximum Gasteiger partial charge on any atom is 0.225 e. The van der Waals surface area contributed by atoms with Crippen LogP contribution in [0.5, 0.6) is 0 Å². The normalized spacial score (nSPS) is 32.5. The number of hydrogen-bond acceptors (Lipinski definition) is 3. The molecule has 0 spiro atoms. The van der Waals surface area contributed by atoms with E-state index >= 15 is 0 Å². The number of amides is 1. The summed E-state index contributed by atoms with van der Waals surface area (Å²) in [6, 6.07) is 0.904. The van der Waals surface area contributed by atoms with E-state index in [0.717, 1.165) is 45.4 Å². The number of likely N-dealkylation sites (tertiary alicyclic amines) is 1. The molecular formula is C16H33Cl2N3O. The van der Waals surface area contributed by atoms with E-state index in [0.29, 0.717) is 23.9 Å². The molecule has 1 N–H and O–H groups in total. The maximum atomic E-state index is 12.7. The molecule has 4 atom stereocenters. The van der Waals surface area contributed by atoms with E-state index in [1.807, 2.05) is 7.05 Å². The lowest BCUT2D eigenvalue weighted by Crippen LogP contribution is -2.53. The highest BCUT2D eigenvalue weighted by molar-refractivity contribution is 5.85. The molecule has 2 aliphatic rings. The van der Waals surface area contributed by atoms with Crippen molar-refractivity contribution in [3.8, 4) is 0 Å². The predicted molar refractivity (Wildman–Crippen MR) is 97.1 cm³/mol. The highest BCUT2D eigenvalue weighted by atomic mass is 35.5. The van der Waals surface area contributed by atoms with Crippen LogP contribution in [0.1, 0.15) is 40.0 Å². The third-order valence-corrected chi connectivity index (χ3v) is 5.21. The zero-order valence-electron chi connectivity index (χ0n) is 14.4. The Morgan fingerprint density at radius 2 is 1.95 bits per heavy atom. The minimum Gasteiger partial charge on any atom is -0.342 e. The first kappa shape index (κ1) is 22.0. The SMILES string of the molecule is CCN1CCC(N(C)C(=O)[C@H]2CCN[C@@H](C)C2)C(C)C1.Cl.Cl. The minimum absolute atomic E-state index is 0. The van der Waals surface area contributed by atoms with E-state index in [9.17, 15) is 4.79 Å². The van der Waals surface area contributed by atoms with Crippen molar-refractivity contribution in [2.45, 2.75) is 52.1 Å². The number of carbonyl (C=O) groups is 1. The van der Waals surface area contributed by atoms with Crippen LogP contribution in [0.25, 0.3) is 0 Å². The summed E-state index contributed by atoms with van der Waals surface area (Å²) in [5.74, 6) is 1.18. The van der Waals surface area contributed by atoms with Crippen LogP contribution in [0.4, 0.5) is 0 Å². The van der Waals surface area contributed by atoms with Crippen LogP contribution in [0, 0.1) is 11.8 Å². The number of nitrogens with zero attached hydrogens (tertiary/aromatic N) is 2. The molecule has 132 valence electrons. The Morgan fingerprint density at radius 3 is 2.50 bits per heavy atom. The Morgan fingerprint density at radius 1 is 1.27 bits per heavy atom. The van der Waals surface area contributed by atoms with Gasteiger partial charge in [-0.05, 0) is 45.2 Å². The van der Waals surface area contributed by atoms with Crippen LogP contribution in [-0.4, -0.2) is 61.0 Å². The van der Waals surface area contributed by atoms with E-state index in [4.69, 9.17) is 0 Å². The summed E-state index contributed by atoms with van der Waals surface area (Å²) in [5, 5.41) is 3.43. The van der Waals surface area contributed by atoms with Gasteiger partial charge in [0.25, 0.3) is 0 Å². The average Bonchev–Trinajstić information content (AvgIpc) is 2.45. The molecule has 2 saturated heterocycles. The van der Waals surface area contributed by atoms with E-state index in [-0.39, 0.29) is 30.7 Å². The van der Waals surface area contributed by atoms with Crippen molar-refractivity contribution in [2.75, 3.05) is 33.2 Å². The van der Waals surface area contributed by atoms with E-state index in [2.05, 4.69) is 35.9 Å². The third kappa shape index (κ3) is 5.26. The zero-order chi connectivity index (χ0) is 14.7. The van der Waals surface area contributed by atoms with E-state index < -0.39 is 0 Å². The molecule has 0 bridgehead atoms. The monoisotopic (exact) mass is 353 g/mol. The Labute approximate surface area is 148 Å². The molecule has 2 rings (SSSR count). The van der Waals surface area contributed by atoms with Crippen LogP contribution < -0.4 is 5.32 Å². The minimum atomic E-state index is 0. The molecule has 0 aromatic carbocycles. The van der Waals surface area contributed by atoms with E-state index in [1.165, 1.54) is 0 Å². The zero-order valence-corrected chi connectivity index (χ0v) is 16.0. The summed E-state index contributed by atoms with van der Waals surface area (Å²) >= 11 is 0. The first-order chi connectivity index (χ1) is 9.52. The molecule has 0 aromatic rings. The lowest BCUT2D eigenvalue weighted by Gasteiger charge is -2.42. The second-order valence-electron chi connectivity index (χ2n) is 6.75. The van der Waals surface area contributed by atoms with Gasteiger partial charge in [-0.15, -0.1) is 24.8 Å². The molecule has 6 heteroatoms. The lowest BCUT2D eigenvalue weighted by molar-refractivity contribution is -0.139. The first-order valence-corrected chi connectivity index (χ1v) is 8.25. The van der Waals surface area contributed by atoms with Crippen molar-refractivity contribution in [3.63, 3.8) is 0 Å². The Bertz CT molecular complexity index is 343. The topological polar surface area (TPSA) is 35.6 Å². The summed E-state index contributed by atoms with van der Waals surface area (Å²) in [6.07, 6.45) is 3.11. The quantitative estimate of drug-likeness (QED) is 0.846. The average molecular weight is 354 g/mol. The number of piperidine rings is 2. The van der Waals surface area contributed by atoms with Gasteiger partial charge in [0.05, 0.1) is 0 Å². The van der Waals surface area contributed by atoms with Gasteiger partial charge in [0.1, 0.15) is 0 Å². The smallest absolute Gasteiger partial charge is 0.225 e. The van der Waals surface area contributed by atoms with Gasteiger partial charge in [0.15, 0.2) is 0 Å². The molecule has 0 aromatic heterocycles. The maximum absolute atomic E-state index is 12.7. The first-order valence-electron chi connectivity index (χ1n) is 8.25. The summed E-state index contributed by atoms with van der Waals surface area (Å²) < 4.78 is 0. The fourth-order valence-electron chi connectivity index (χ4n) is 3.89. The van der Waals surface area contributed by atoms with Crippen molar-refractivity contribution in [1.82, 2.24) is 15.1 Å². The Kier molecular flexibility index (Phi) is 9.95. The van der Waals surface area contributed by atoms with Gasteiger partial charge >= 0.3 is 0 Å². The van der Waals surface area contributed by atoms with Gasteiger partial charge in [-0.3, -0.25) is 4.79 Å². The summed E-state index contributed by atoms with van der Waals surface area (Å²) in [4.78, 5) is 17.3. The standard InChI is InChI=1S/C16H31N3O.2ClH/c1-5-19-9-7-15(12(2)11-19)18(4)16(20)14-6-8-17-13(3)10-14;;/h12-15,17H,5-11H2,1-4H3;2*1H/t12?,13-,14-,15?;;/m0../s1. The van der Waals surface area contributed by atoms with Gasteiger partial charge in [-0.25, -0.2) is 0 Å². The molecule has 1 amide bonds. The van der Waals surface area contributed by atoms with E-state index in [1.54, 1.807) is 0 Å². The molecule has 0 aliphatic carbocycles. The number of hydrogen-bond donors (Lipinski definition) is 1. The second-order valence-corrected chi connectivity index (χ2v) is 6.75. The molecule has 2 aliphatic heterocycles. The van der Waals surface area contributed by atoms with Crippen molar-refractivity contribution < 1.29 is 4.79 Å². The van der Waals surface area contributed by atoms with Crippen molar-refractivity contribution >= 4 is 30.7 Å². The van der Waals surface area contributed by atoms with Crippen molar-refractivity contribution in [2.24, 2.45) is 11.8 Å². The summed E-state index contributed by atoms with van der Waals surface area (Å²) in [5.41, 5.74) is 0. The molecule has 4 nitrogen and oxygen atoms in total. The van der Waals surface area contributed by atoms with Gasteiger partial charge in [-0.2, -0.15) is 0 Å². The molecule has 0 radical (unpaired) electrons. The van der Waals surface area contributed by atoms with Gasteiger partial charge < -0.3 is 15.1 Å². The Hall–Kier alpha value is -0.0300. The summed E-state index contributed by atoms with van der Waals surface area (Å²) in [6.45, 7) is 11.1. The number of nitrogens with one attached hydrogen (secondary N) is 1. The highest BCUT2D eigenvalue weighted by Gasteiger charge is 2.34. The largest absolute Gasteiger partial charge is 0.342 e. The fraction of sp³-hybridized carbons (Fsp3) is 0.938. The summed E-state index contributed by atoms with van der Waals surface area (Å²) in [7, 11) is 2.03. The van der Waals surface area contributed by atoms with Gasteiger partial charge in [-0.1, -0.05) is 13.8 Å². The third-order valence-electron chi connectivity index (χ3n) is 5.21. The number of carbonyl (C=O) groups excluding carboxylic acids is 1. The molecule has 2 heterocycles. The van der Waals surface area contributed by atoms with Crippen LogP contribution in [-0.2, 0) is 4.79 Å². The van der Waals surface area contributed by atoms with Crippen LogP contribution in [0.2, 0.25) is 0 Å². The molecule has 2 fully saturated rings. The molecule has 2 unspecified atom stereocenters. The number of rotatable bonds is 3.